The average Bonchev–Trinajstić information content (AvgIpc) is 2.37. The van der Waals surface area contributed by atoms with Crippen LogP contribution in [0.15, 0.2) is 0 Å². The van der Waals surface area contributed by atoms with Gasteiger partial charge in [-0.1, -0.05) is 13.8 Å². The van der Waals surface area contributed by atoms with Crippen LogP contribution in [-0.4, -0.2) is 49.4 Å². The monoisotopic (exact) mass is 269 g/mol. The minimum atomic E-state index is 0.0366. The van der Waals surface area contributed by atoms with Gasteiger partial charge in [-0.2, -0.15) is 0 Å². The van der Waals surface area contributed by atoms with E-state index >= 15 is 0 Å². The minimum Gasteiger partial charge on any atom is -0.356 e. The van der Waals surface area contributed by atoms with E-state index in [1.807, 2.05) is 25.8 Å². The largest absolute Gasteiger partial charge is 0.356 e. The van der Waals surface area contributed by atoms with Gasteiger partial charge >= 0.3 is 0 Å². The van der Waals surface area contributed by atoms with Crippen molar-refractivity contribution in [3.8, 4) is 0 Å². The Morgan fingerprint density at radius 2 is 2.11 bits per heavy atom. The van der Waals surface area contributed by atoms with E-state index in [2.05, 4.69) is 10.6 Å². The van der Waals surface area contributed by atoms with Gasteiger partial charge in [0, 0.05) is 38.5 Å². The summed E-state index contributed by atoms with van der Waals surface area (Å²) in [5.74, 6) is 0.536. The molecule has 0 spiro atoms. The van der Waals surface area contributed by atoms with E-state index in [1.54, 1.807) is 0 Å². The zero-order valence-corrected chi connectivity index (χ0v) is 12.4. The van der Waals surface area contributed by atoms with Gasteiger partial charge in [-0.05, 0) is 25.8 Å². The van der Waals surface area contributed by atoms with E-state index in [-0.39, 0.29) is 11.8 Å². The Kier molecular flexibility index (Phi) is 6.84. The number of nitrogens with one attached hydrogen (secondary N) is 2. The number of piperidine rings is 1. The molecule has 1 unspecified atom stereocenters. The van der Waals surface area contributed by atoms with Crippen LogP contribution in [0.25, 0.3) is 0 Å². The van der Waals surface area contributed by atoms with Gasteiger partial charge in [0.15, 0.2) is 0 Å². The standard InChI is InChI=1S/C14H27N3O2/c1-11(2)9-13(18)16-7-6-14(19)17-8-4-5-12(10-17)15-3/h11-12,15H,4-10H2,1-3H3,(H,16,18). The lowest BCUT2D eigenvalue weighted by Crippen LogP contribution is -2.47. The molecule has 1 aliphatic heterocycles. The molecule has 0 aromatic rings. The van der Waals surface area contributed by atoms with Gasteiger partial charge in [-0.25, -0.2) is 0 Å². The molecule has 5 nitrogen and oxygen atoms in total. The van der Waals surface area contributed by atoms with Crippen LogP contribution in [0.3, 0.4) is 0 Å². The van der Waals surface area contributed by atoms with Gasteiger partial charge in [-0.15, -0.1) is 0 Å². The lowest BCUT2D eigenvalue weighted by Gasteiger charge is -2.32. The normalized spacial score (nSPS) is 19.6. The first-order chi connectivity index (χ1) is 9.02. The second kappa shape index (κ2) is 8.15. The number of carbonyl (C=O) groups is 2. The Hall–Kier alpha value is -1.10. The molecular weight excluding hydrogens is 242 g/mol. The molecule has 19 heavy (non-hydrogen) atoms. The highest BCUT2D eigenvalue weighted by Crippen LogP contribution is 2.10. The Balaban J connectivity index is 2.22. The second-order valence-electron chi connectivity index (χ2n) is 5.67. The first-order valence-corrected chi connectivity index (χ1v) is 7.24. The molecule has 1 aliphatic rings. The lowest BCUT2D eigenvalue weighted by molar-refractivity contribution is -0.132. The number of rotatable bonds is 6. The summed E-state index contributed by atoms with van der Waals surface area (Å²) in [6.07, 6.45) is 3.11. The van der Waals surface area contributed by atoms with Crippen LogP contribution < -0.4 is 10.6 Å². The van der Waals surface area contributed by atoms with Gasteiger partial charge in [0.25, 0.3) is 0 Å². The number of amides is 2. The topological polar surface area (TPSA) is 61.4 Å². The molecule has 110 valence electrons. The number of carbonyl (C=O) groups excluding carboxylic acids is 2. The van der Waals surface area contributed by atoms with Crippen molar-refractivity contribution in [3.05, 3.63) is 0 Å². The molecule has 0 radical (unpaired) electrons. The molecule has 1 saturated heterocycles. The van der Waals surface area contributed by atoms with E-state index < -0.39 is 0 Å². The average molecular weight is 269 g/mol. The number of nitrogens with zero attached hydrogens (tertiary/aromatic N) is 1. The minimum absolute atomic E-state index is 0.0366. The highest BCUT2D eigenvalue weighted by atomic mass is 16.2. The molecular formula is C14H27N3O2. The predicted molar refractivity (Wildman–Crippen MR) is 75.7 cm³/mol. The maximum absolute atomic E-state index is 12.0. The first kappa shape index (κ1) is 16.0. The third-order valence-corrected chi connectivity index (χ3v) is 3.44. The van der Waals surface area contributed by atoms with Crippen molar-refractivity contribution in [1.82, 2.24) is 15.5 Å². The molecule has 5 heteroatoms. The second-order valence-corrected chi connectivity index (χ2v) is 5.67. The van der Waals surface area contributed by atoms with E-state index in [0.29, 0.717) is 31.3 Å². The first-order valence-electron chi connectivity index (χ1n) is 7.24. The quantitative estimate of drug-likeness (QED) is 0.748. The van der Waals surface area contributed by atoms with Crippen LogP contribution in [0.1, 0.15) is 39.5 Å². The third kappa shape index (κ3) is 6.05. The fraction of sp³-hybridized carbons (Fsp3) is 0.857. The maximum atomic E-state index is 12.0. The molecule has 2 amide bonds. The van der Waals surface area contributed by atoms with Gasteiger partial charge < -0.3 is 15.5 Å². The number of hydrogen-bond donors (Lipinski definition) is 2. The van der Waals surface area contributed by atoms with Crippen molar-refractivity contribution >= 4 is 11.8 Å². The molecule has 1 atom stereocenters. The number of hydrogen-bond acceptors (Lipinski definition) is 3. The summed E-state index contributed by atoms with van der Waals surface area (Å²) in [6, 6.07) is 0.410. The Bertz CT molecular complexity index is 305. The Labute approximate surface area is 116 Å². The number of likely N-dealkylation sites (N-methyl/N-ethyl adjacent to an activating group) is 1. The summed E-state index contributed by atoms with van der Waals surface area (Å²) in [6.45, 7) is 6.10. The zero-order valence-electron chi connectivity index (χ0n) is 12.4. The molecule has 0 aromatic heterocycles. The summed E-state index contributed by atoms with van der Waals surface area (Å²) in [5.41, 5.74) is 0. The van der Waals surface area contributed by atoms with Crippen LogP contribution in [0.2, 0.25) is 0 Å². The van der Waals surface area contributed by atoms with E-state index in [1.165, 1.54) is 0 Å². The summed E-state index contributed by atoms with van der Waals surface area (Å²) in [7, 11) is 1.94. The molecule has 1 fully saturated rings. The van der Waals surface area contributed by atoms with Crippen molar-refractivity contribution in [3.63, 3.8) is 0 Å². The summed E-state index contributed by atoms with van der Waals surface area (Å²) in [4.78, 5) is 25.4. The van der Waals surface area contributed by atoms with Crippen LogP contribution in [0.4, 0.5) is 0 Å². The molecule has 0 bridgehead atoms. The summed E-state index contributed by atoms with van der Waals surface area (Å²) in [5, 5.41) is 6.03. The van der Waals surface area contributed by atoms with E-state index in [9.17, 15) is 9.59 Å². The van der Waals surface area contributed by atoms with Gasteiger partial charge in [0.1, 0.15) is 0 Å². The summed E-state index contributed by atoms with van der Waals surface area (Å²) >= 11 is 0. The molecule has 1 heterocycles. The molecule has 0 aliphatic carbocycles. The van der Waals surface area contributed by atoms with Crippen LogP contribution in [0.5, 0.6) is 0 Å². The van der Waals surface area contributed by atoms with E-state index in [0.717, 1.165) is 25.9 Å². The molecule has 1 rings (SSSR count). The van der Waals surface area contributed by atoms with Crippen LogP contribution in [-0.2, 0) is 9.59 Å². The molecule has 0 aromatic carbocycles. The predicted octanol–water partition coefficient (Wildman–Crippen LogP) is 0.749. The highest BCUT2D eigenvalue weighted by Gasteiger charge is 2.22. The van der Waals surface area contributed by atoms with Crippen LogP contribution >= 0.6 is 0 Å². The lowest BCUT2D eigenvalue weighted by atomic mass is 10.1. The smallest absolute Gasteiger partial charge is 0.224 e. The SMILES string of the molecule is CNC1CCCN(C(=O)CCNC(=O)CC(C)C)C1. The highest BCUT2D eigenvalue weighted by molar-refractivity contribution is 5.79. The fourth-order valence-corrected chi connectivity index (χ4v) is 2.35. The van der Waals surface area contributed by atoms with Crippen molar-refractivity contribution in [2.24, 2.45) is 5.92 Å². The van der Waals surface area contributed by atoms with Crippen molar-refractivity contribution in [2.45, 2.75) is 45.6 Å². The van der Waals surface area contributed by atoms with Crippen molar-refractivity contribution in [1.29, 1.82) is 0 Å². The van der Waals surface area contributed by atoms with Gasteiger partial charge in [0.05, 0.1) is 0 Å². The number of likely N-dealkylation sites (tertiary alicyclic amines) is 1. The molecule has 2 N–H and O–H groups in total. The zero-order chi connectivity index (χ0) is 14.3. The fourth-order valence-electron chi connectivity index (χ4n) is 2.35. The van der Waals surface area contributed by atoms with Crippen molar-refractivity contribution in [2.75, 3.05) is 26.7 Å². The van der Waals surface area contributed by atoms with Crippen molar-refractivity contribution < 1.29 is 9.59 Å². The Morgan fingerprint density at radius 1 is 1.37 bits per heavy atom. The molecule has 0 saturated carbocycles. The maximum Gasteiger partial charge on any atom is 0.224 e. The van der Waals surface area contributed by atoms with Gasteiger partial charge in [0.2, 0.25) is 11.8 Å². The van der Waals surface area contributed by atoms with E-state index in [4.69, 9.17) is 0 Å². The Morgan fingerprint density at radius 3 is 2.74 bits per heavy atom. The summed E-state index contributed by atoms with van der Waals surface area (Å²) < 4.78 is 0. The van der Waals surface area contributed by atoms with Crippen LogP contribution in [0, 0.1) is 5.92 Å². The van der Waals surface area contributed by atoms with Gasteiger partial charge in [-0.3, -0.25) is 9.59 Å². The third-order valence-electron chi connectivity index (χ3n) is 3.44.